The first-order valence-corrected chi connectivity index (χ1v) is 9.31. The van der Waals surface area contributed by atoms with Gasteiger partial charge in [0, 0.05) is 32.1 Å². The average Bonchev–Trinajstić information content (AvgIpc) is 2.92. The normalized spacial score (nSPS) is 22.8. The van der Waals surface area contributed by atoms with E-state index < -0.39 is 0 Å². The Morgan fingerprint density at radius 3 is 2.88 bits per heavy atom. The van der Waals surface area contributed by atoms with Crippen molar-refractivity contribution < 1.29 is 9.53 Å². The number of benzene rings is 1. The van der Waals surface area contributed by atoms with Gasteiger partial charge in [0.2, 0.25) is 5.91 Å². The number of rotatable bonds is 5. The number of fused-ring (bicyclic) bond motifs is 1. The summed E-state index contributed by atoms with van der Waals surface area (Å²) >= 11 is 0. The van der Waals surface area contributed by atoms with Crippen molar-refractivity contribution in [2.45, 2.75) is 45.1 Å². The van der Waals surface area contributed by atoms with Crippen LogP contribution in [0.4, 0.5) is 0 Å². The van der Waals surface area contributed by atoms with Gasteiger partial charge in [-0.25, -0.2) is 0 Å². The summed E-state index contributed by atoms with van der Waals surface area (Å²) in [7, 11) is 1.71. The lowest BCUT2D eigenvalue weighted by Crippen LogP contribution is -2.40. The van der Waals surface area contributed by atoms with Crippen molar-refractivity contribution >= 4 is 5.91 Å². The maximum absolute atomic E-state index is 12.8. The lowest BCUT2D eigenvalue weighted by molar-refractivity contribution is -0.132. The Labute approximate surface area is 145 Å². The fourth-order valence-corrected chi connectivity index (χ4v) is 4.18. The predicted molar refractivity (Wildman–Crippen MR) is 96.3 cm³/mol. The molecule has 2 fully saturated rings. The monoisotopic (exact) mass is 330 g/mol. The van der Waals surface area contributed by atoms with Crippen LogP contribution in [0.2, 0.25) is 0 Å². The van der Waals surface area contributed by atoms with Gasteiger partial charge in [0.05, 0.1) is 7.11 Å². The number of amides is 1. The Morgan fingerprint density at radius 1 is 1.25 bits per heavy atom. The molecule has 2 atom stereocenters. The lowest BCUT2D eigenvalue weighted by atomic mass is 9.96. The first kappa shape index (κ1) is 17.3. The Balaban J connectivity index is 1.55. The molecule has 4 nitrogen and oxygen atoms in total. The molecular formula is C20H30N2O2. The third kappa shape index (κ3) is 4.10. The highest BCUT2D eigenvalue weighted by Gasteiger charge is 2.30. The van der Waals surface area contributed by atoms with Crippen LogP contribution in [0.3, 0.4) is 0 Å². The molecule has 0 spiro atoms. The largest absolute Gasteiger partial charge is 0.496 e. The third-order valence-electron chi connectivity index (χ3n) is 5.44. The molecule has 0 bridgehead atoms. The minimum atomic E-state index is 0.325. The second-order valence-electron chi connectivity index (χ2n) is 7.35. The number of para-hydroxylation sites is 1. The van der Waals surface area contributed by atoms with Crippen LogP contribution in [0, 0.1) is 5.92 Å². The van der Waals surface area contributed by atoms with Gasteiger partial charge >= 0.3 is 0 Å². The second kappa shape index (κ2) is 8.02. The molecule has 0 radical (unpaired) electrons. The molecule has 3 rings (SSSR count). The minimum Gasteiger partial charge on any atom is -0.496 e. The summed E-state index contributed by atoms with van der Waals surface area (Å²) in [5.41, 5.74) is 1.19. The van der Waals surface area contributed by atoms with Crippen LogP contribution in [0.15, 0.2) is 24.3 Å². The summed E-state index contributed by atoms with van der Waals surface area (Å²) in [4.78, 5) is 17.5. The molecule has 2 aliphatic heterocycles. The molecule has 1 aromatic carbocycles. The Kier molecular flexibility index (Phi) is 5.77. The third-order valence-corrected chi connectivity index (χ3v) is 5.44. The molecule has 1 aromatic rings. The summed E-state index contributed by atoms with van der Waals surface area (Å²) in [5, 5.41) is 0. The number of hydrogen-bond acceptors (Lipinski definition) is 3. The van der Waals surface area contributed by atoms with Crippen LogP contribution in [0.1, 0.15) is 38.2 Å². The SMILES string of the molecule is COc1ccccc1C[C@H](C)CC(=O)N1CCCN2CCC[C@H]2C1. The molecule has 1 amide bonds. The van der Waals surface area contributed by atoms with Crippen molar-refractivity contribution in [2.24, 2.45) is 5.92 Å². The van der Waals surface area contributed by atoms with Crippen LogP contribution < -0.4 is 4.74 Å². The van der Waals surface area contributed by atoms with E-state index >= 15 is 0 Å². The number of methoxy groups -OCH3 is 1. The van der Waals surface area contributed by atoms with E-state index in [0.29, 0.717) is 24.3 Å². The highest BCUT2D eigenvalue weighted by molar-refractivity contribution is 5.76. The zero-order valence-electron chi connectivity index (χ0n) is 15.0. The Morgan fingerprint density at radius 2 is 2.04 bits per heavy atom. The van der Waals surface area contributed by atoms with E-state index in [0.717, 1.165) is 38.2 Å². The number of nitrogens with zero attached hydrogens (tertiary/aromatic N) is 2. The Hall–Kier alpha value is -1.55. The fraction of sp³-hybridized carbons (Fsp3) is 0.650. The molecule has 0 aliphatic carbocycles. The second-order valence-corrected chi connectivity index (χ2v) is 7.35. The Bertz CT molecular complexity index is 560. The average molecular weight is 330 g/mol. The number of carbonyl (C=O) groups is 1. The summed E-state index contributed by atoms with van der Waals surface area (Å²) in [6, 6.07) is 8.72. The minimum absolute atomic E-state index is 0.325. The zero-order valence-corrected chi connectivity index (χ0v) is 15.0. The van der Waals surface area contributed by atoms with Crippen LogP contribution in [-0.2, 0) is 11.2 Å². The fourth-order valence-electron chi connectivity index (χ4n) is 4.18. The highest BCUT2D eigenvalue weighted by Crippen LogP contribution is 2.24. The summed E-state index contributed by atoms with van der Waals surface area (Å²) in [6.07, 6.45) is 5.17. The molecule has 24 heavy (non-hydrogen) atoms. The molecule has 0 unspecified atom stereocenters. The van der Waals surface area contributed by atoms with Gasteiger partial charge in [-0.3, -0.25) is 9.69 Å². The zero-order chi connectivity index (χ0) is 16.9. The van der Waals surface area contributed by atoms with E-state index in [1.165, 1.54) is 24.9 Å². The van der Waals surface area contributed by atoms with Crippen LogP contribution in [0.5, 0.6) is 5.75 Å². The first-order chi connectivity index (χ1) is 11.7. The van der Waals surface area contributed by atoms with E-state index in [-0.39, 0.29) is 0 Å². The molecule has 2 heterocycles. The molecule has 2 saturated heterocycles. The number of ether oxygens (including phenoxy) is 1. The summed E-state index contributed by atoms with van der Waals surface area (Å²) in [5.74, 6) is 1.58. The lowest BCUT2D eigenvalue weighted by Gasteiger charge is -2.26. The van der Waals surface area contributed by atoms with E-state index in [4.69, 9.17) is 4.74 Å². The van der Waals surface area contributed by atoms with Crippen molar-refractivity contribution in [1.29, 1.82) is 0 Å². The maximum Gasteiger partial charge on any atom is 0.222 e. The molecule has 0 saturated carbocycles. The summed E-state index contributed by atoms with van der Waals surface area (Å²) in [6.45, 7) is 6.40. The van der Waals surface area contributed by atoms with Crippen molar-refractivity contribution in [3.8, 4) is 5.75 Å². The van der Waals surface area contributed by atoms with Crippen molar-refractivity contribution in [1.82, 2.24) is 9.80 Å². The van der Waals surface area contributed by atoms with Crippen molar-refractivity contribution in [3.05, 3.63) is 29.8 Å². The van der Waals surface area contributed by atoms with Crippen LogP contribution in [-0.4, -0.2) is 55.0 Å². The van der Waals surface area contributed by atoms with Crippen LogP contribution in [0.25, 0.3) is 0 Å². The van der Waals surface area contributed by atoms with E-state index in [1.807, 2.05) is 18.2 Å². The highest BCUT2D eigenvalue weighted by atomic mass is 16.5. The summed E-state index contributed by atoms with van der Waals surface area (Å²) < 4.78 is 5.43. The van der Waals surface area contributed by atoms with Gasteiger partial charge in [0.25, 0.3) is 0 Å². The topological polar surface area (TPSA) is 32.8 Å². The van der Waals surface area contributed by atoms with Gasteiger partial charge in [-0.15, -0.1) is 0 Å². The van der Waals surface area contributed by atoms with E-state index in [9.17, 15) is 4.79 Å². The van der Waals surface area contributed by atoms with Crippen molar-refractivity contribution in [3.63, 3.8) is 0 Å². The smallest absolute Gasteiger partial charge is 0.222 e. The first-order valence-electron chi connectivity index (χ1n) is 9.31. The van der Waals surface area contributed by atoms with Gasteiger partial charge in [0.1, 0.15) is 5.75 Å². The standard InChI is InChI=1S/C20H30N2O2/c1-16(13-17-7-3-4-9-19(17)24-2)14-20(23)22-12-6-11-21-10-5-8-18(21)15-22/h3-4,7,9,16,18H,5-6,8,10-15H2,1-2H3/t16-,18-/m0/s1. The molecule has 4 heteroatoms. The molecular weight excluding hydrogens is 300 g/mol. The molecule has 2 aliphatic rings. The quantitative estimate of drug-likeness (QED) is 0.832. The van der Waals surface area contributed by atoms with Gasteiger partial charge in [0.15, 0.2) is 0 Å². The van der Waals surface area contributed by atoms with Gasteiger partial charge in [-0.05, 0) is 49.8 Å². The van der Waals surface area contributed by atoms with E-state index in [1.54, 1.807) is 7.11 Å². The number of carbonyl (C=O) groups excluding carboxylic acids is 1. The molecule has 0 aromatic heterocycles. The van der Waals surface area contributed by atoms with E-state index in [2.05, 4.69) is 22.8 Å². The van der Waals surface area contributed by atoms with Gasteiger partial charge < -0.3 is 9.64 Å². The maximum atomic E-state index is 12.8. The molecule has 132 valence electrons. The van der Waals surface area contributed by atoms with Gasteiger partial charge in [-0.1, -0.05) is 25.1 Å². The van der Waals surface area contributed by atoms with Crippen LogP contribution >= 0.6 is 0 Å². The predicted octanol–water partition coefficient (Wildman–Crippen LogP) is 2.96. The molecule has 0 N–H and O–H groups in total. The number of hydrogen-bond donors (Lipinski definition) is 0. The van der Waals surface area contributed by atoms with Gasteiger partial charge in [-0.2, -0.15) is 0 Å². The van der Waals surface area contributed by atoms with Crippen molar-refractivity contribution in [2.75, 3.05) is 33.3 Å².